The van der Waals surface area contributed by atoms with Crippen molar-refractivity contribution in [3.63, 3.8) is 0 Å². The molecule has 2 fully saturated rings. The van der Waals surface area contributed by atoms with E-state index in [9.17, 15) is 4.79 Å². The van der Waals surface area contributed by atoms with E-state index in [1.807, 2.05) is 36.4 Å². The maximum absolute atomic E-state index is 12.3. The quantitative estimate of drug-likeness (QED) is 0.909. The van der Waals surface area contributed by atoms with Gasteiger partial charge in [0, 0.05) is 24.2 Å². The molecule has 2 aliphatic rings. The summed E-state index contributed by atoms with van der Waals surface area (Å²) < 4.78 is 5.69. The molecule has 1 aromatic carbocycles. The number of furan rings is 1. The normalized spacial score (nSPS) is 27.0. The van der Waals surface area contributed by atoms with E-state index in [0.29, 0.717) is 17.7 Å². The average molecular weight is 282 g/mol. The summed E-state index contributed by atoms with van der Waals surface area (Å²) in [5.74, 6) is 1.59. The molecule has 1 amide bonds. The lowest BCUT2D eigenvalue weighted by Crippen LogP contribution is -2.44. The van der Waals surface area contributed by atoms with Crippen LogP contribution in [0.3, 0.4) is 0 Å². The number of fused-ring (bicyclic) bond motifs is 2. The van der Waals surface area contributed by atoms with Crippen molar-refractivity contribution in [3.8, 4) is 11.3 Å². The van der Waals surface area contributed by atoms with E-state index in [-0.39, 0.29) is 11.9 Å². The van der Waals surface area contributed by atoms with Crippen molar-refractivity contribution in [2.45, 2.75) is 24.9 Å². The van der Waals surface area contributed by atoms with Gasteiger partial charge < -0.3 is 15.1 Å². The van der Waals surface area contributed by atoms with Crippen LogP contribution in [0.25, 0.3) is 11.3 Å². The van der Waals surface area contributed by atoms with Crippen molar-refractivity contribution in [3.05, 3.63) is 48.2 Å². The number of benzene rings is 1. The first-order valence-corrected chi connectivity index (χ1v) is 7.49. The predicted molar refractivity (Wildman–Crippen MR) is 79.9 cm³/mol. The molecular formula is C17H18N2O2. The van der Waals surface area contributed by atoms with Crippen molar-refractivity contribution in [2.75, 3.05) is 6.54 Å². The van der Waals surface area contributed by atoms with Crippen molar-refractivity contribution in [2.24, 2.45) is 5.92 Å². The fourth-order valence-electron chi connectivity index (χ4n) is 3.47. The molecule has 21 heavy (non-hydrogen) atoms. The van der Waals surface area contributed by atoms with Crippen LogP contribution in [-0.2, 0) is 0 Å². The smallest absolute Gasteiger partial charge is 0.287 e. The van der Waals surface area contributed by atoms with Crippen LogP contribution in [0.4, 0.5) is 0 Å². The van der Waals surface area contributed by atoms with Crippen LogP contribution in [0.2, 0.25) is 0 Å². The lowest BCUT2D eigenvalue weighted by atomic mass is 10.0. The van der Waals surface area contributed by atoms with Gasteiger partial charge in [0.2, 0.25) is 0 Å². The standard InChI is InChI=1S/C17H18N2O2/c20-17(19-14-9-13-8-12(14)10-18-13)16-7-6-15(21-16)11-4-2-1-3-5-11/h1-7,12-14,18H,8-10H2,(H,19,20). The molecule has 1 aromatic heterocycles. The minimum absolute atomic E-state index is 0.102. The molecule has 2 bridgehead atoms. The lowest BCUT2D eigenvalue weighted by molar-refractivity contribution is 0.0897. The molecule has 3 unspecified atom stereocenters. The van der Waals surface area contributed by atoms with Crippen LogP contribution >= 0.6 is 0 Å². The van der Waals surface area contributed by atoms with Crippen LogP contribution in [0.1, 0.15) is 23.4 Å². The number of carbonyl (C=O) groups excluding carboxylic acids is 1. The van der Waals surface area contributed by atoms with Crippen LogP contribution in [0.15, 0.2) is 46.9 Å². The molecule has 4 rings (SSSR count). The first kappa shape index (κ1) is 12.7. The highest BCUT2D eigenvalue weighted by atomic mass is 16.3. The third-order valence-corrected chi connectivity index (χ3v) is 4.57. The summed E-state index contributed by atoms with van der Waals surface area (Å²) in [7, 11) is 0. The Bertz CT molecular complexity index is 650. The third kappa shape index (κ3) is 2.36. The Morgan fingerprint density at radius 2 is 2.00 bits per heavy atom. The Balaban J connectivity index is 1.47. The summed E-state index contributed by atoms with van der Waals surface area (Å²) in [5.41, 5.74) is 0.987. The van der Waals surface area contributed by atoms with E-state index >= 15 is 0 Å². The Kier molecular flexibility index (Phi) is 3.04. The topological polar surface area (TPSA) is 54.3 Å². The van der Waals surface area contributed by atoms with Gasteiger partial charge in [-0.2, -0.15) is 0 Å². The van der Waals surface area contributed by atoms with Gasteiger partial charge >= 0.3 is 0 Å². The van der Waals surface area contributed by atoms with Gasteiger partial charge in [-0.05, 0) is 30.9 Å². The van der Waals surface area contributed by atoms with Crippen molar-refractivity contribution < 1.29 is 9.21 Å². The molecule has 1 aliphatic carbocycles. The number of rotatable bonds is 3. The second-order valence-electron chi connectivity index (χ2n) is 5.95. The molecule has 108 valence electrons. The predicted octanol–water partition coefficient (Wildman–Crippen LogP) is 2.43. The zero-order chi connectivity index (χ0) is 14.2. The largest absolute Gasteiger partial charge is 0.451 e. The fraction of sp³-hybridized carbons (Fsp3) is 0.353. The monoisotopic (exact) mass is 282 g/mol. The molecule has 3 atom stereocenters. The molecule has 2 N–H and O–H groups in total. The van der Waals surface area contributed by atoms with E-state index < -0.39 is 0 Å². The molecule has 0 spiro atoms. The fourth-order valence-corrected chi connectivity index (χ4v) is 3.47. The lowest BCUT2D eigenvalue weighted by Gasteiger charge is -2.22. The summed E-state index contributed by atoms with van der Waals surface area (Å²) >= 11 is 0. The highest BCUT2D eigenvalue weighted by Gasteiger charge is 2.40. The van der Waals surface area contributed by atoms with Gasteiger partial charge in [0.25, 0.3) is 5.91 Å². The molecule has 1 aliphatic heterocycles. The Morgan fingerprint density at radius 3 is 2.71 bits per heavy atom. The maximum atomic E-state index is 12.3. The van der Waals surface area contributed by atoms with Gasteiger partial charge in [-0.3, -0.25) is 4.79 Å². The molecule has 2 heterocycles. The van der Waals surface area contributed by atoms with Crippen LogP contribution in [-0.4, -0.2) is 24.5 Å². The molecule has 1 saturated heterocycles. The van der Waals surface area contributed by atoms with E-state index in [0.717, 1.165) is 24.3 Å². The SMILES string of the molecule is O=C(NC1CC2CC1CN2)c1ccc(-c2ccccc2)o1. The summed E-state index contributed by atoms with van der Waals surface area (Å²) in [6.45, 7) is 1.02. The first-order chi connectivity index (χ1) is 10.3. The number of carbonyl (C=O) groups is 1. The van der Waals surface area contributed by atoms with E-state index in [4.69, 9.17) is 4.42 Å². The maximum Gasteiger partial charge on any atom is 0.287 e. The molecule has 2 aromatic rings. The highest BCUT2D eigenvalue weighted by Crippen LogP contribution is 2.31. The van der Waals surface area contributed by atoms with Gasteiger partial charge in [-0.15, -0.1) is 0 Å². The first-order valence-electron chi connectivity index (χ1n) is 7.49. The summed E-state index contributed by atoms with van der Waals surface area (Å²) in [6.07, 6.45) is 2.21. The molecule has 4 heteroatoms. The number of nitrogens with one attached hydrogen (secondary N) is 2. The summed E-state index contributed by atoms with van der Waals surface area (Å²) in [4.78, 5) is 12.3. The van der Waals surface area contributed by atoms with Gasteiger partial charge in [0.15, 0.2) is 5.76 Å². The van der Waals surface area contributed by atoms with Crippen molar-refractivity contribution >= 4 is 5.91 Å². The molecule has 0 radical (unpaired) electrons. The van der Waals surface area contributed by atoms with Crippen molar-refractivity contribution in [1.82, 2.24) is 10.6 Å². The van der Waals surface area contributed by atoms with E-state index in [1.54, 1.807) is 6.07 Å². The second-order valence-corrected chi connectivity index (χ2v) is 5.95. The van der Waals surface area contributed by atoms with Crippen LogP contribution in [0, 0.1) is 5.92 Å². The van der Waals surface area contributed by atoms with Crippen molar-refractivity contribution in [1.29, 1.82) is 0 Å². The van der Waals surface area contributed by atoms with Gasteiger partial charge in [-0.1, -0.05) is 30.3 Å². The van der Waals surface area contributed by atoms with Crippen LogP contribution < -0.4 is 10.6 Å². The summed E-state index contributed by atoms with van der Waals surface area (Å²) in [6, 6.07) is 14.3. The minimum Gasteiger partial charge on any atom is -0.451 e. The number of piperidine rings is 1. The molecule has 1 saturated carbocycles. The minimum atomic E-state index is -0.102. The van der Waals surface area contributed by atoms with Gasteiger partial charge in [-0.25, -0.2) is 0 Å². The average Bonchev–Trinajstić information content (AvgIpc) is 3.24. The van der Waals surface area contributed by atoms with E-state index in [2.05, 4.69) is 10.6 Å². The molecular weight excluding hydrogens is 264 g/mol. The van der Waals surface area contributed by atoms with E-state index in [1.165, 1.54) is 6.42 Å². The zero-order valence-corrected chi connectivity index (χ0v) is 11.7. The third-order valence-electron chi connectivity index (χ3n) is 4.57. The van der Waals surface area contributed by atoms with Gasteiger partial charge in [0.1, 0.15) is 5.76 Å². The van der Waals surface area contributed by atoms with Crippen LogP contribution in [0.5, 0.6) is 0 Å². The zero-order valence-electron chi connectivity index (χ0n) is 11.7. The summed E-state index contributed by atoms with van der Waals surface area (Å²) in [5, 5.41) is 6.57. The number of amides is 1. The highest BCUT2D eigenvalue weighted by molar-refractivity contribution is 5.92. The molecule has 4 nitrogen and oxygen atoms in total. The Labute approximate surface area is 123 Å². The second kappa shape index (κ2) is 5.04. The van der Waals surface area contributed by atoms with Gasteiger partial charge in [0.05, 0.1) is 0 Å². The number of hydrogen-bond donors (Lipinski definition) is 2. The Hall–Kier alpha value is -2.07. The Morgan fingerprint density at radius 1 is 1.14 bits per heavy atom. The number of hydrogen-bond acceptors (Lipinski definition) is 3.